The van der Waals surface area contributed by atoms with Crippen LogP contribution in [0.2, 0.25) is 0 Å². The van der Waals surface area contributed by atoms with Crippen molar-refractivity contribution >= 4 is 11.4 Å². The van der Waals surface area contributed by atoms with Crippen LogP contribution in [0.3, 0.4) is 0 Å². The molecule has 0 amide bonds. The quantitative estimate of drug-likeness (QED) is 0.493. The number of rotatable bonds is 7. The van der Waals surface area contributed by atoms with Gasteiger partial charge in [0.2, 0.25) is 0 Å². The minimum atomic E-state index is -0.0435. The van der Waals surface area contributed by atoms with Crippen molar-refractivity contribution in [3.05, 3.63) is 101 Å². The molecule has 158 valence electrons. The molecule has 0 radical (unpaired) electrons. The lowest BCUT2D eigenvalue weighted by atomic mass is 10.1. The van der Waals surface area contributed by atoms with Crippen LogP contribution in [0.5, 0.6) is 23.0 Å². The highest BCUT2D eigenvalue weighted by atomic mass is 16.5. The van der Waals surface area contributed by atoms with Crippen LogP contribution in [-0.4, -0.2) is 7.11 Å². The number of ether oxygens (including phenoxy) is 3. The van der Waals surface area contributed by atoms with Gasteiger partial charge in [-0.25, -0.2) is 0 Å². The molecule has 1 atom stereocenters. The SMILES string of the molecule is COc1ccc(Oc2ccc([NH+]([O-])c3ccc(OC4=CC=C(C)CC4)cc3)cc2)cc1. The Hall–Kier alpha value is -3.54. The van der Waals surface area contributed by atoms with Gasteiger partial charge in [-0.2, -0.15) is 0 Å². The van der Waals surface area contributed by atoms with Crippen LogP contribution in [0.4, 0.5) is 11.4 Å². The second-order valence-corrected chi connectivity index (χ2v) is 7.40. The first kappa shape index (κ1) is 20.7. The third-order valence-electron chi connectivity index (χ3n) is 5.10. The monoisotopic (exact) mass is 415 g/mol. The maximum Gasteiger partial charge on any atom is 0.136 e. The molecule has 3 aromatic rings. The van der Waals surface area contributed by atoms with Crippen molar-refractivity contribution < 1.29 is 19.3 Å². The molecular formula is C26H25NO4. The summed E-state index contributed by atoms with van der Waals surface area (Å²) in [6, 6.07) is 21.7. The largest absolute Gasteiger partial charge is 0.623 e. The first-order valence-electron chi connectivity index (χ1n) is 10.2. The van der Waals surface area contributed by atoms with Gasteiger partial charge >= 0.3 is 0 Å². The van der Waals surface area contributed by atoms with Crippen molar-refractivity contribution in [2.75, 3.05) is 7.11 Å². The zero-order valence-corrected chi connectivity index (χ0v) is 17.6. The van der Waals surface area contributed by atoms with E-state index < -0.39 is 0 Å². The number of hydrogen-bond donors (Lipinski definition) is 1. The molecule has 1 aliphatic carbocycles. The topological polar surface area (TPSA) is 55.2 Å². The van der Waals surface area contributed by atoms with E-state index in [0.29, 0.717) is 22.9 Å². The molecule has 31 heavy (non-hydrogen) atoms. The molecule has 5 heteroatoms. The lowest BCUT2D eigenvalue weighted by Crippen LogP contribution is -2.96. The maximum absolute atomic E-state index is 12.8. The van der Waals surface area contributed by atoms with E-state index >= 15 is 0 Å². The minimum absolute atomic E-state index is 0.0435. The number of nitrogens with one attached hydrogen (secondary N) is 1. The van der Waals surface area contributed by atoms with Gasteiger partial charge in [-0.15, -0.1) is 0 Å². The van der Waals surface area contributed by atoms with Crippen molar-refractivity contribution in [1.29, 1.82) is 0 Å². The summed E-state index contributed by atoms with van der Waals surface area (Å²) in [5.74, 6) is 3.81. The van der Waals surface area contributed by atoms with Crippen molar-refractivity contribution in [3.63, 3.8) is 0 Å². The second kappa shape index (κ2) is 9.51. The molecule has 0 saturated heterocycles. The summed E-state index contributed by atoms with van der Waals surface area (Å²) in [7, 11) is 1.62. The summed E-state index contributed by atoms with van der Waals surface area (Å²) in [6.07, 6.45) is 6.00. The van der Waals surface area contributed by atoms with Gasteiger partial charge < -0.3 is 24.5 Å². The Morgan fingerprint density at radius 2 is 1.13 bits per heavy atom. The standard InChI is InChI=1S/C26H25NO4/c1-19-3-9-23(10-4-19)30-24-11-5-20(6-12-24)27(28)21-7-13-25(14-8-21)31-26-17-15-22(29-2)16-18-26/h3,5-9,11-18,27H,4,10H2,1-2H3. The van der Waals surface area contributed by atoms with Gasteiger partial charge in [0.15, 0.2) is 0 Å². The summed E-state index contributed by atoms with van der Waals surface area (Å²) >= 11 is 0. The zero-order chi connectivity index (χ0) is 21.6. The van der Waals surface area contributed by atoms with Gasteiger partial charge in [0.25, 0.3) is 0 Å². The summed E-state index contributed by atoms with van der Waals surface area (Å²) in [6.45, 7) is 2.12. The minimum Gasteiger partial charge on any atom is -0.623 e. The average molecular weight is 415 g/mol. The van der Waals surface area contributed by atoms with E-state index in [1.54, 1.807) is 43.5 Å². The van der Waals surface area contributed by atoms with Crippen LogP contribution in [0.15, 0.2) is 96.3 Å². The molecule has 5 nitrogen and oxygen atoms in total. The highest BCUT2D eigenvalue weighted by Crippen LogP contribution is 2.26. The molecule has 0 saturated carbocycles. The third-order valence-corrected chi connectivity index (χ3v) is 5.10. The lowest BCUT2D eigenvalue weighted by molar-refractivity contribution is -0.698. The molecule has 0 heterocycles. The molecule has 0 fully saturated rings. The fourth-order valence-corrected chi connectivity index (χ4v) is 3.25. The van der Waals surface area contributed by atoms with E-state index in [-0.39, 0.29) is 5.06 Å². The molecular weight excluding hydrogens is 390 g/mol. The van der Waals surface area contributed by atoms with Crippen LogP contribution in [-0.2, 0) is 0 Å². The third kappa shape index (κ3) is 5.34. The van der Waals surface area contributed by atoms with E-state index in [9.17, 15) is 5.21 Å². The van der Waals surface area contributed by atoms with E-state index in [0.717, 1.165) is 30.1 Å². The molecule has 1 aliphatic rings. The number of quaternary nitrogens is 1. The zero-order valence-electron chi connectivity index (χ0n) is 17.6. The average Bonchev–Trinajstić information content (AvgIpc) is 2.82. The summed E-state index contributed by atoms with van der Waals surface area (Å²) in [4.78, 5) is 0. The van der Waals surface area contributed by atoms with Crippen LogP contribution < -0.4 is 19.3 Å². The Balaban J connectivity index is 1.38. The predicted octanol–water partition coefficient (Wildman–Crippen LogP) is 5.84. The summed E-state index contributed by atoms with van der Waals surface area (Å²) in [5.41, 5.74) is 2.57. The van der Waals surface area contributed by atoms with E-state index in [1.165, 1.54) is 5.57 Å². The Morgan fingerprint density at radius 3 is 1.61 bits per heavy atom. The molecule has 0 aromatic heterocycles. The van der Waals surface area contributed by atoms with Crippen LogP contribution in [0, 0.1) is 5.21 Å². The molecule has 0 bridgehead atoms. The Bertz CT molecular complexity index is 1070. The highest BCUT2D eigenvalue weighted by Gasteiger charge is 2.10. The van der Waals surface area contributed by atoms with Crippen molar-refractivity contribution in [2.45, 2.75) is 19.8 Å². The lowest BCUT2D eigenvalue weighted by Gasteiger charge is -2.22. The van der Waals surface area contributed by atoms with Gasteiger partial charge in [0.1, 0.15) is 40.1 Å². The number of hydrogen-bond acceptors (Lipinski definition) is 4. The first-order valence-corrected chi connectivity index (χ1v) is 10.2. The smallest absolute Gasteiger partial charge is 0.136 e. The van der Waals surface area contributed by atoms with Crippen LogP contribution >= 0.6 is 0 Å². The molecule has 3 aromatic carbocycles. The van der Waals surface area contributed by atoms with Gasteiger partial charge in [0.05, 0.1) is 7.11 Å². The van der Waals surface area contributed by atoms with Gasteiger partial charge in [-0.05, 0) is 68.0 Å². The Labute approximate surface area is 182 Å². The molecule has 1 unspecified atom stereocenters. The van der Waals surface area contributed by atoms with E-state index in [2.05, 4.69) is 13.0 Å². The number of allylic oxidation sites excluding steroid dienone is 4. The van der Waals surface area contributed by atoms with Crippen LogP contribution in [0.25, 0.3) is 0 Å². The van der Waals surface area contributed by atoms with E-state index in [1.807, 2.05) is 42.5 Å². The molecule has 0 aliphatic heterocycles. The fourth-order valence-electron chi connectivity index (χ4n) is 3.25. The fraction of sp³-hybridized carbons (Fsp3) is 0.154. The van der Waals surface area contributed by atoms with Crippen LogP contribution in [0.1, 0.15) is 19.8 Å². The molecule has 0 spiro atoms. The Morgan fingerprint density at radius 1 is 0.645 bits per heavy atom. The normalized spacial score (nSPS) is 14.3. The summed E-state index contributed by atoms with van der Waals surface area (Å²) < 4.78 is 16.9. The first-order chi connectivity index (χ1) is 15.1. The maximum atomic E-state index is 12.8. The number of methoxy groups -OCH3 is 1. The van der Waals surface area contributed by atoms with Gasteiger partial charge in [0, 0.05) is 30.7 Å². The highest BCUT2D eigenvalue weighted by molar-refractivity contribution is 5.44. The Kier molecular flexibility index (Phi) is 6.36. The van der Waals surface area contributed by atoms with Crippen molar-refractivity contribution in [2.24, 2.45) is 0 Å². The second-order valence-electron chi connectivity index (χ2n) is 7.40. The predicted molar refractivity (Wildman–Crippen MR) is 121 cm³/mol. The van der Waals surface area contributed by atoms with E-state index in [4.69, 9.17) is 14.2 Å². The van der Waals surface area contributed by atoms with Gasteiger partial charge in [-0.3, -0.25) is 0 Å². The molecule has 1 N–H and O–H groups in total. The van der Waals surface area contributed by atoms with Crippen molar-refractivity contribution in [1.82, 2.24) is 0 Å². The number of benzene rings is 3. The molecule has 4 rings (SSSR count). The van der Waals surface area contributed by atoms with Crippen molar-refractivity contribution in [3.8, 4) is 23.0 Å². The summed E-state index contributed by atoms with van der Waals surface area (Å²) in [5, 5.41) is 12.8. The van der Waals surface area contributed by atoms with Gasteiger partial charge in [-0.1, -0.05) is 11.6 Å².